The van der Waals surface area contributed by atoms with Gasteiger partial charge in [-0.3, -0.25) is 14.3 Å². The fourth-order valence-corrected chi connectivity index (χ4v) is 5.77. The molecule has 4 rings (SSSR count). The van der Waals surface area contributed by atoms with Crippen LogP contribution < -0.4 is 5.32 Å². The third-order valence-corrected chi connectivity index (χ3v) is 9.31. The van der Waals surface area contributed by atoms with Crippen molar-refractivity contribution in [2.45, 2.75) is 79.6 Å². The molecule has 1 N–H and O–H groups in total. The summed E-state index contributed by atoms with van der Waals surface area (Å²) in [6, 6.07) is 8.30. The molecule has 1 amide bonds. The first-order chi connectivity index (χ1) is 22.9. The van der Waals surface area contributed by atoms with Crippen molar-refractivity contribution in [3.8, 4) is 0 Å². The minimum Gasteiger partial charge on any atom is -0.460 e. The maximum atomic E-state index is 13.8. The molecule has 1 aliphatic carbocycles. The molecule has 0 saturated heterocycles. The van der Waals surface area contributed by atoms with Gasteiger partial charge in [-0.25, -0.2) is 17.6 Å². The number of nitrogens with zero attached hydrogens (tertiary/aromatic N) is 2. The van der Waals surface area contributed by atoms with Crippen LogP contribution in [0.2, 0.25) is 5.02 Å². The number of ether oxygens (including phenoxy) is 1. The molecule has 15 heteroatoms. The van der Waals surface area contributed by atoms with Gasteiger partial charge in [0, 0.05) is 19.2 Å². The van der Waals surface area contributed by atoms with Crippen molar-refractivity contribution < 1.29 is 45.1 Å². The van der Waals surface area contributed by atoms with E-state index in [0.717, 1.165) is 18.2 Å². The van der Waals surface area contributed by atoms with Gasteiger partial charge >= 0.3 is 12.1 Å². The van der Waals surface area contributed by atoms with Gasteiger partial charge in [0.1, 0.15) is 17.3 Å². The van der Waals surface area contributed by atoms with E-state index < -0.39 is 75.4 Å². The van der Waals surface area contributed by atoms with Crippen molar-refractivity contribution in [3.63, 3.8) is 0 Å². The molecule has 0 bridgehead atoms. The zero-order valence-electron chi connectivity index (χ0n) is 28.7. The lowest BCUT2D eigenvalue weighted by atomic mass is 9.87. The number of halogens is 9. The highest BCUT2D eigenvalue weighted by Gasteiger charge is 2.62. The van der Waals surface area contributed by atoms with Gasteiger partial charge in [-0.15, -0.1) is 0 Å². The molecule has 0 aliphatic heterocycles. The van der Waals surface area contributed by atoms with Crippen LogP contribution in [0.5, 0.6) is 0 Å². The molecule has 0 radical (unpaired) electrons. The molecule has 1 aromatic heterocycles. The fourth-order valence-electron chi connectivity index (χ4n) is 5.25. The molecule has 2 aromatic carbocycles. The van der Waals surface area contributed by atoms with Gasteiger partial charge in [0.05, 0.1) is 22.2 Å². The highest BCUT2D eigenvalue weighted by atomic mass is 35.5. The third-order valence-electron chi connectivity index (χ3n) is 8.57. The Kier molecular flexibility index (Phi) is 12.5. The summed E-state index contributed by atoms with van der Waals surface area (Å²) in [6.07, 6.45) is -3.41. The maximum Gasteiger partial charge on any atom is 0.426 e. The predicted molar refractivity (Wildman–Crippen MR) is 175 cm³/mol. The Balaban J connectivity index is 0.000000274. The van der Waals surface area contributed by atoms with Gasteiger partial charge in [0.2, 0.25) is 0 Å². The predicted octanol–water partition coefficient (Wildman–Crippen LogP) is 9.42. The van der Waals surface area contributed by atoms with Gasteiger partial charge < -0.3 is 10.1 Å². The summed E-state index contributed by atoms with van der Waals surface area (Å²) < 4.78 is 98.4. The molecule has 1 aliphatic rings. The van der Waals surface area contributed by atoms with Crippen molar-refractivity contribution in [2.75, 3.05) is 0 Å². The Hall–Kier alpha value is -3.58. The van der Waals surface area contributed by atoms with E-state index in [2.05, 4.69) is 43.3 Å². The normalized spacial score (nSPS) is 17.2. The molecule has 1 saturated carbocycles. The lowest BCUT2D eigenvalue weighted by Crippen LogP contribution is -2.25. The summed E-state index contributed by atoms with van der Waals surface area (Å²) in [5, 5.41) is 6.21. The van der Waals surface area contributed by atoms with E-state index >= 15 is 0 Å². The van der Waals surface area contributed by atoms with Gasteiger partial charge in [-0.1, -0.05) is 95.1 Å². The monoisotopic (exact) mass is 751 g/mol. The van der Waals surface area contributed by atoms with Crippen LogP contribution in [0.15, 0.2) is 35.4 Å². The summed E-state index contributed by atoms with van der Waals surface area (Å²) in [5.74, 6) is -9.89. The number of carbonyl (C=O) groups is 2. The highest BCUT2D eigenvalue weighted by molar-refractivity contribution is 6.34. The van der Waals surface area contributed by atoms with Crippen molar-refractivity contribution in [1.29, 1.82) is 0 Å². The van der Waals surface area contributed by atoms with Crippen LogP contribution in [0.1, 0.15) is 80.0 Å². The number of hydrogen-bond acceptors (Lipinski definition) is 4. The Morgan fingerprint density at radius 3 is 2.02 bits per heavy atom. The standard InChI is InChI=1S/C18H24ClN3O.C17H14ClF7O2/c1-6-14-15(19)16(22(5)21-14)17(23)20-11-12-7-9-13(10-8-12)18(2,3)4;1-6-11(19)13(21)7(14(22)12(6)20)5-27-15(26)10-8(16(10,2)3)4-9(18)17(23,24)25/h7-10H,6,11H2,1-5H3,(H,20,23);4,8,10H,5H2,1-3H3/b;9-4-. The number of esters is 1. The lowest BCUT2D eigenvalue weighted by molar-refractivity contribution is -0.147. The van der Waals surface area contributed by atoms with Crippen molar-refractivity contribution in [3.05, 3.63) is 97.3 Å². The number of carbonyl (C=O) groups excluding carboxylic acids is 2. The number of hydrogen-bond donors (Lipinski definition) is 1. The number of rotatable bonds is 8. The van der Waals surface area contributed by atoms with E-state index in [-0.39, 0.29) is 11.3 Å². The molecule has 1 fully saturated rings. The molecule has 1 heterocycles. The van der Waals surface area contributed by atoms with E-state index in [9.17, 15) is 40.3 Å². The van der Waals surface area contributed by atoms with Crippen LogP contribution in [0.3, 0.4) is 0 Å². The molecule has 2 atom stereocenters. The minimum absolute atomic E-state index is 0.126. The number of amides is 1. The summed E-state index contributed by atoms with van der Waals surface area (Å²) in [6.45, 7) is 11.7. The van der Waals surface area contributed by atoms with E-state index in [1.54, 1.807) is 11.7 Å². The zero-order valence-corrected chi connectivity index (χ0v) is 30.2. The first kappa shape index (κ1) is 40.8. The quantitative estimate of drug-likeness (QED) is 0.142. The Morgan fingerprint density at radius 1 is 1.02 bits per heavy atom. The summed E-state index contributed by atoms with van der Waals surface area (Å²) in [7, 11) is 1.73. The number of nitrogens with one attached hydrogen (secondary N) is 1. The van der Waals surface area contributed by atoms with Crippen molar-refractivity contribution >= 4 is 35.1 Å². The smallest absolute Gasteiger partial charge is 0.426 e. The van der Waals surface area contributed by atoms with E-state index in [1.165, 1.54) is 19.4 Å². The molecular weight excluding hydrogens is 714 g/mol. The van der Waals surface area contributed by atoms with Crippen LogP contribution >= 0.6 is 23.2 Å². The lowest BCUT2D eigenvalue weighted by Gasteiger charge is -2.19. The number of aryl methyl sites for hydroxylation is 2. The largest absolute Gasteiger partial charge is 0.460 e. The van der Waals surface area contributed by atoms with Crippen LogP contribution in [0.25, 0.3) is 0 Å². The number of benzene rings is 2. The van der Waals surface area contributed by atoms with Gasteiger partial charge in [0.25, 0.3) is 5.91 Å². The zero-order chi connectivity index (χ0) is 38.1. The first-order valence-electron chi connectivity index (χ1n) is 15.5. The SMILES string of the molecule is CCc1nn(C)c(C(=O)NCc2ccc(C(C)(C)C)cc2)c1Cl.Cc1c(F)c(F)c(COC(=O)C2C(/C=C(\Cl)C(F)(F)F)C2(C)C)c(F)c1F. The highest BCUT2D eigenvalue weighted by Crippen LogP contribution is 2.60. The topological polar surface area (TPSA) is 73.2 Å². The molecule has 274 valence electrons. The second kappa shape index (κ2) is 15.3. The third kappa shape index (κ3) is 9.01. The van der Waals surface area contributed by atoms with Gasteiger partial charge in [-0.05, 0) is 41.2 Å². The van der Waals surface area contributed by atoms with Crippen LogP contribution in [0, 0.1) is 47.4 Å². The molecule has 0 spiro atoms. The average Bonchev–Trinajstić information content (AvgIpc) is 3.44. The summed E-state index contributed by atoms with van der Waals surface area (Å²) in [4.78, 5) is 24.4. The van der Waals surface area contributed by atoms with Crippen LogP contribution in [0.4, 0.5) is 30.7 Å². The first-order valence-corrected chi connectivity index (χ1v) is 16.2. The van der Waals surface area contributed by atoms with Crippen molar-refractivity contribution in [1.82, 2.24) is 15.1 Å². The van der Waals surface area contributed by atoms with E-state index in [1.807, 2.05) is 19.1 Å². The molecule has 50 heavy (non-hydrogen) atoms. The Bertz CT molecular complexity index is 1750. The van der Waals surface area contributed by atoms with E-state index in [4.69, 9.17) is 27.9 Å². The second-order valence-electron chi connectivity index (χ2n) is 13.5. The molecular formula is C35H38Cl2F7N3O3. The maximum absolute atomic E-state index is 13.8. The van der Waals surface area contributed by atoms with Crippen molar-refractivity contribution in [2.24, 2.45) is 24.3 Å². The number of aromatic nitrogens is 2. The minimum atomic E-state index is -4.78. The summed E-state index contributed by atoms with van der Waals surface area (Å²) >= 11 is 11.4. The fraction of sp³-hybridized carbons (Fsp3) is 0.457. The van der Waals surface area contributed by atoms with Crippen LogP contribution in [-0.4, -0.2) is 27.8 Å². The average molecular weight is 753 g/mol. The number of allylic oxidation sites excluding steroid dienone is 2. The van der Waals surface area contributed by atoms with Gasteiger partial charge in [0.15, 0.2) is 23.3 Å². The molecule has 3 aromatic rings. The molecule has 2 unspecified atom stereocenters. The number of alkyl halides is 3. The Labute approximate surface area is 296 Å². The van der Waals surface area contributed by atoms with Gasteiger partial charge in [-0.2, -0.15) is 18.3 Å². The van der Waals surface area contributed by atoms with Crippen LogP contribution in [-0.2, 0) is 41.6 Å². The molecule has 6 nitrogen and oxygen atoms in total. The van der Waals surface area contributed by atoms with E-state index in [0.29, 0.717) is 29.8 Å². The second-order valence-corrected chi connectivity index (χ2v) is 14.3. The summed E-state index contributed by atoms with van der Waals surface area (Å²) in [5.41, 5.74) is 0.682. The Morgan fingerprint density at radius 2 is 1.56 bits per heavy atom.